The van der Waals surface area contributed by atoms with Gasteiger partial charge >= 0.3 is 0 Å². The summed E-state index contributed by atoms with van der Waals surface area (Å²) < 4.78 is 2.29. The van der Waals surface area contributed by atoms with Crippen molar-refractivity contribution in [3.05, 3.63) is 30.5 Å². The molecule has 0 saturated heterocycles. The summed E-state index contributed by atoms with van der Waals surface area (Å²) >= 11 is 0. The predicted molar refractivity (Wildman–Crippen MR) is 92.2 cm³/mol. The molecule has 0 aliphatic heterocycles. The van der Waals surface area contributed by atoms with Gasteiger partial charge in [0.2, 0.25) is 0 Å². The van der Waals surface area contributed by atoms with E-state index in [4.69, 9.17) is 0 Å². The van der Waals surface area contributed by atoms with Crippen molar-refractivity contribution in [2.45, 2.75) is 27.7 Å². The molecule has 0 aliphatic carbocycles. The smallest absolute Gasteiger partial charge is 0.174 e. The summed E-state index contributed by atoms with van der Waals surface area (Å²) in [5, 5.41) is 1.06. The molecule has 2 aromatic rings. The topological polar surface area (TPSA) is 47.8 Å². The second kappa shape index (κ2) is 7.73. The number of rotatable bonds is 7. The number of allylic oxidation sites excluding steroid dienone is 1. The fourth-order valence-corrected chi connectivity index (χ4v) is 2.46. The third-order valence-corrected chi connectivity index (χ3v) is 3.90. The molecule has 0 amide bonds. The van der Waals surface area contributed by atoms with Crippen LogP contribution in [0.2, 0.25) is 0 Å². The van der Waals surface area contributed by atoms with Crippen molar-refractivity contribution >= 4 is 22.8 Å². The van der Waals surface area contributed by atoms with Crippen molar-refractivity contribution in [1.29, 1.82) is 0 Å². The molecular weight excluding hydrogens is 274 g/mol. The molecule has 0 fully saturated rings. The molecule has 1 N–H and O–H groups in total. The molecule has 118 valence electrons. The maximum absolute atomic E-state index is 4.54. The Bertz CT molecular complexity index is 658. The van der Waals surface area contributed by atoms with Gasteiger partial charge in [-0.2, -0.15) is 0 Å². The fraction of sp³-hybridized carbons (Fsp3) is 0.471. The van der Waals surface area contributed by atoms with Crippen LogP contribution in [0.15, 0.2) is 24.8 Å². The number of H-pyrrole nitrogens is 1. The van der Waals surface area contributed by atoms with Gasteiger partial charge in [0.05, 0.1) is 11.3 Å². The highest BCUT2D eigenvalue weighted by Gasteiger charge is 2.13. The molecule has 2 rings (SSSR count). The van der Waals surface area contributed by atoms with Crippen molar-refractivity contribution < 1.29 is 4.58 Å². The minimum Gasteiger partial charge on any atom is -0.377 e. The maximum Gasteiger partial charge on any atom is 0.174 e. The standard InChI is InChI=1S/C17H26N5/c1-5-21(6-2)11-14(12-22(7-3)8-4)16-15-9-10-18-17(15)20-13-19-16/h9-13H,5-8H2,1-4H3,(H,18,19,20)/q+1. The number of aromatic amines is 1. The highest BCUT2D eigenvalue weighted by Crippen LogP contribution is 2.20. The molecule has 0 unspecified atom stereocenters. The quantitative estimate of drug-likeness (QED) is 0.632. The summed E-state index contributed by atoms with van der Waals surface area (Å²) in [6, 6.07) is 2.04. The van der Waals surface area contributed by atoms with E-state index in [1.165, 1.54) is 0 Å². The van der Waals surface area contributed by atoms with Crippen LogP contribution in [0.1, 0.15) is 33.4 Å². The summed E-state index contributed by atoms with van der Waals surface area (Å²) in [6.07, 6.45) is 7.94. The molecular formula is C17H26N5+. The lowest BCUT2D eigenvalue weighted by atomic mass is 10.1. The molecule has 22 heavy (non-hydrogen) atoms. The Labute approximate surface area is 132 Å². The Morgan fingerprint density at radius 3 is 2.55 bits per heavy atom. The van der Waals surface area contributed by atoms with Crippen LogP contribution < -0.4 is 0 Å². The molecule has 0 aliphatic rings. The first kappa shape index (κ1) is 16.2. The van der Waals surface area contributed by atoms with E-state index in [-0.39, 0.29) is 0 Å². The van der Waals surface area contributed by atoms with Crippen molar-refractivity contribution in [2.24, 2.45) is 0 Å². The van der Waals surface area contributed by atoms with Gasteiger partial charge in [0.1, 0.15) is 25.1 Å². The zero-order valence-corrected chi connectivity index (χ0v) is 14.0. The average molecular weight is 300 g/mol. The van der Waals surface area contributed by atoms with Crippen molar-refractivity contribution in [3.8, 4) is 0 Å². The zero-order valence-electron chi connectivity index (χ0n) is 14.0. The highest BCUT2D eigenvalue weighted by atomic mass is 15.1. The van der Waals surface area contributed by atoms with Crippen LogP contribution in [-0.4, -0.2) is 56.8 Å². The number of hydrogen-bond donors (Lipinski definition) is 1. The molecule has 0 atom stereocenters. The summed E-state index contributed by atoms with van der Waals surface area (Å²) in [5.74, 6) is 0. The van der Waals surface area contributed by atoms with E-state index in [2.05, 4.69) is 64.5 Å². The largest absolute Gasteiger partial charge is 0.377 e. The fourth-order valence-electron chi connectivity index (χ4n) is 2.46. The molecule has 0 radical (unpaired) electrons. The van der Waals surface area contributed by atoms with Crippen LogP contribution in [0.4, 0.5) is 0 Å². The van der Waals surface area contributed by atoms with Crippen LogP contribution in [0.3, 0.4) is 0 Å². The second-order valence-electron chi connectivity index (χ2n) is 5.12. The van der Waals surface area contributed by atoms with E-state index in [1.54, 1.807) is 6.33 Å². The third-order valence-electron chi connectivity index (χ3n) is 3.90. The summed E-state index contributed by atoms with van der Waals surface area (Å²) in [7, 11) is 0. The van der Waals surface area contributed by atoms with Crippen molar-refractivity contribution in [1.82, 2.24) is 19.9 Å². The van der Waals surface area contributed by atoms with Crippen LogP contribution in [0, 0.1) is 0 Å². The Kier molecular flexibility index (Phi) is 5.69. The summed E-state index contributed by atoms with van der Waals surface area (Å²) in [6.45, 7) is 12.6. The van der Waals surface area contributed by atoms with Gasteiger partial charge < -0.3 is 9.88 Å². The Morgan fingerprint density at radius 2 is 1.91 bits per heavy atom. The Hall–Kier alpha value is -2.17. The molecule has 2 heterocycles. The first-order valence-corrected chi connectivity index (χ1v) is 8.06. The predicted octanol–water partition coefficient (Wildman–Crippen LogP) is 2.76. The lowest BCUT2D eigenvalue weighted by Gasteiger charge is -2.16. The first-order valence-electron chi connectivity index (χ1n) is 8.06. The van der Waals surface area contributed by atoms with E-state index in [9.17, 15) is 0 Å². The van der Waals surface area contributed by atoms with E-state index in [1.807, 2.05) is 12.3 Å². The van der Waals surface area contributed by atoms with E-state index in [0.717, 1.165) is 48.5 Å². The molecule has 0 aromatic carbocycles. The number of aromatic nitrogens is 3. The summed E-state index contributed by atoms with van der Waals surface area (Å²) in [5.41, 5.74) is 2.98. The van der Waals surface area contributed by atoms with Gasteiger partial charge in [-0.25, -0.2) is 14.5 Å². The van der Waals surface area contributed by atoms with Crippen LogP contribution in [0.25, 0.3) is 16.6 Å². The van der Waals surface area contributed by atoms with Gasteiger partial charge in [-0.05, 0) is 33.8 Å². The van der Waals surface area contributed by atoms with Gasteiger partial charge in [0.25, 0.3) is 0 Å². The zero-order chi connectivity index (χ0) is 15.9. The molecule has 5 nitrogen and oxygen atoms in total. The van der Waals surface area contributed by atoms with E-state index >= 15 is 0 Å². The number of nitrogens with zero attached hydrogens (tertiary/aromatic N) is 4. The first-order chi connectivity index (χ1) is 10.7. The van der Waals surface area contributed by atoms with E-state index in [0.29, 0.717) is 0 Å². The maximum atomic E-state index is 4.54. The Morgan fingerprint density at radius 1 is 1.18 bits per heavy atom. The molecule has 2 aromatic heterocycles. The monoisotopic (exact) mass is 300 g/mol. The van der Waals surface area contributed by atoms with Gasteiger partial charge in [0, 0.05) is 30.9 Å². The molecule has 0 saturated carbocycles. The van der Waals surface area contributed by atoms with Crippen LogP contribution in [0.5, 0.6) is 0 Å². The minimum absolute atomic E-state index is 0.878. The lowest BCUT2D eigenvalue weighted by molar-refractivity contribution is -0.515. The van der Waals surface area contributed by atoms with Gasteiger partial charge in [-0.3, -0.25) is 0 Å². The second-order valence-corrected chi connectivity index (χ2v) is 5.12. The normalized spacial score (nSPS) is 11.7. The highest BCUT2D eigenvalue weighted by molar-refractivity contribution is 6.11. The molecule has 0 spiro atoms. The van der Waals surface area contributed by atoms with Crippen LogP contribution >= 0.6 is 0 Å². The van der Waals surface area contributed by atoms with Crippen LogP contribution in [-0.2, 0) is 0 Å². The lowest BCUT2D eigenvalue weighted by Crippen LogP contribution is -2.19. The molecule has 0 bridgehead atoms. The minimum atomic E-state index is 0.878. The molecule has 5 heteroatoms. The van der Waals surface area contributed by atoms with Crippen molar-refractivity contribution in [3.63, 3.8) is 0 Å². The number of fused-ring (bicyclic) bond motifs is 1. The number of hydrogen-bond acceptors (Lipinski definition) is 3. The summed E-state index contributed by atoms with van der Waals surface area (Å²) in [4.78, 5) is 14.3. The Balaban J connectivity index is 2.57. The SMILES string of the molecule is CCN(/C=C(\C=[N+](CC)CC)c1ncnc2[nH]ccc12)CC. The average Bonchev–Trinajstić information content (AvgIpc) is 3.04. The third kappa shape index (κ3) is 3.53. The van der Waals surface area contributed by atoms with Gasteiger partial charge in [-0.1, -0.05) is 0 Å². The number of nitrogens with one attached hydrogen (secondary N) is 1. The van der Waals surface area contributed by atoms with Gasteiger partial charge in [0.15, 0.2) is 6.21 Å². The van der Waals surface area contributed by atoms with Crippen molar-refractivity contribution in [2.75, 3.05) is 26.2 Å². The van der Waals surface area contributed by atoms with E-state index < -0.39 is 0 Å². The van der Waals surface area contributed by atoms with Gasteiger partial charge in [-0.15, -0.1) is 0 Å².